The Labute approximate surface area is 228 Å². The maximum Gasteiger partial charge on any atom is 0.251 e. The van der Waals surface area contributed by atoms with Crippen LogP contribution in [0.5, 0.6) is 0 Å². The minimum Gasteiger partial charge on any atom is -0.464 e. The molecule has 2 N–H and O–H groups in total. The average molecular weight is 546 g/mol. The van der Waals surface area contributed by atoms with Crippen LogP contribution in [-0.2, 0) is 26.2 Å². The van der Waals surface area contributed by atoms with Crippen LogP contribution in [0.15, 0.2) is 100 Å². The van der Waals surface area contributed by atoms with Gasteiger partial charge in [-0.3, -0.25) is 14.5 Å². The zero-order chi connectivity index (χ0) is 28.0. The quantitative estimate of drug-likeness (QED) is 0.303. The first-order chi connectivity index (χ1) is 18.6. The summed E-state index contributed by atoms with van der Waals surface area (Å²) in [7, 11) is -3.96. The van der Waals surface area contributed by atoms with Gasteiger partial charge in [0.05, 0.1) is 11.4 Å². The molecule has 0 saturated heterocycles. The number of amides is 2. The van der Waals surface area contributed by atoms with Crippen LogP contribution in [-0.4, -0.2) is 26.8 Å². The second kappa shape index (κ2) is 12.1. The Bertz CT molecular complexity index is 1530. The zero-order valence-corrected chi connectivity index (χ0v) is 22.9. The molecule has 9 heteroatoms. The Morgan fingerprint density at radius 3 is 2.05 bits per heavy atom. The van der Waals surface area contributed by atoms with Crippen LogP contribution < -0.4 is 14.9 Å². The number of aryl methyl sites for hydroxylation is 3. The number of rotatable bonds is 10. The number of hydrogen-bond donors (Lipinski definition) is 2. The van der Waals surface area contributed by atoms with E-state index in [2.05, 4.69) is 10.0 Å². The normalized spacial score (nSPS) is 12.1. The van der Waals surface area contributed by atoms with Gasteiger partial charge in [-0.05, 0) is 73.9 Å². The maximum absolute atomic E-state index is 13.8. The summed E-state index contributed by atoms with van der Waals surface area (Å²) in [5, 5.41) is 2.91. The van der Waals surface area contributed by atoms with Crippen LogP contribution in [0.4, 0.5) is 5.69 Å². The van der Waals surface area contributed by atoms with Gasteiger partial charge in [-0.2, -0.15) is 0 Å². The van der Waals surface area contributed by atoms with Gasteiger partial charge in [0.1, 0.15) is 11.5 Å². The van der Waals surface area contributed by atoms with Crippen molar-refractivity contribution >= 4 is 27.5 Å². The third-order valence-electron chi connectivity index (χ3n) is 6.07. The lowest BCUT2D eigenvalue weighted by Crippen LogP contribution is -2.47. The average Bonchev–Trinajstić information content (AvgIpc) is 3.35. The molecule has 0 aliphatic rings. The fraction of sp³-hybridized carbons (Fsp3) is 0.200. The number of anilines is 1. The van der Waals surface area contributed by atoms with Crippen LogP contribution in [0, 0.1) is 20.8 Å². The SMILES string of the molecule is Cc1cc(C)cc(N(C(=O)CNS(=O)(=O)c2ccccc2)[C@H](C(=O)NCc2ccccc2)c2ccc(C)o2)c1. The Kier molecular flexibility index (Phi) is 8.63. The molecule has 1 heterocycles. The maximum atomic E-state index is 13.8. The summed E-state index contributed by atoms with van der Waals surface area (Å²) in [4.78, 5) is 28.9. The van der Waals surface area contributed by atoms with Crippen molar-refractivity contribution in [3.8, 4) is 0 Å². The van der Waals surface area contributed by atoms with Gasteiger partial charge in [-0.25, -0.2) is 13.1 Å². The van der Waals surface area contributed by atoms with E-state index < -0.39 is 34.4 Å². The van der Waals surface area contributed by atoms with Gasteiger partial charge in [-0.1, -0.05) is 54.6 Å². The van der Waals surface area contributed by atoms with Crippen molar-refractivity contribution in [1.82, 2.24) is 10.0 Å². The molecule has 4 aromatic rings. The van der Waals surface area contributed by atoms with Gasteiger partial charge < -0.3 is 9.73 Å². The lowest BCUT2D eigenvalue weighted by molar-refractivity contribution is -0.126. The third-order valence-corrected chi connectivity index (χ3v) is 7.48. The highest BCUT2D eigenvalue weighted by Crippen LogP contribution is 2.31. The van der Waals surface area contributed by atoms with Crippen molar-refractivity contribution in [3.63, 3.8) is 0 Å². The van der Waals surface area contributed by atoms with E-state index in [1.807, 2.05) is 50.2 Å². The van der Waals surface area contributed by atoms with E-state index in [0.717, 1.165) is 16.7 Å². The van der Waals surface area contributed by atoms with Gasteiger partial charge in [0.15, 0.2) is 6.04 Å². The summed E-state index contributed by atoms with van der Waals surface area (Å²) >= 11 is 0. The molecule has 0 fully saturated rings. The summed E-state index contributed by atoms with van der Waals surface area (Å²) < 4.78 is 34.0. The van der Waals surface area contributed by atoms with Crippen molar-refractivity contribution in [2.45, 2.75) is 38.3 Å². The van der Waals surface area contributed by atoms with Gasteiger partial charge in [0.2, 0.25) is 15.9 Å². The van der Waals surface area contributed by atoms with Gasteiger partial charge in [-0.15, -0.1) is 0 Å². The summed E-state index contributed by atoms with van der Waals surface area (Å²) in [6.45, 7) is 5.20. The van der Waals surface area contributed by atoms with Gasteiger partial charge in [0.25, 0.3) is 5.91 Å². The molecule has 0 bridgehead atoms. The Morgan fingerprint density at radius 1 is 0.846 bits per heavy atom. The van der Waals surface area contributed by atoms with Crippen molar-refractivity contribution in [2.24, 2.45) is 0 Å². The third kappa shape index (κ3) is 7.01. The van der Waals surface area contributed by atoms with Crippen molar-refractivity contribution in [2.75, 3.05) is 11.4 Å². The highest BCUT2D eigenvalue weighted by molar-refractivity contribution is 7.89. The van der Waals surface area contributed by atoms with Gasteiger partial charge in [0, 0.05) is 12.2 Å². The summed E-state index contributed by atoms with van der Waals surface area (Å²) in [6, 6.07) is 24.9. The Morgan fingerprint density at radius 2 is 1.46 bits per heavy atom. The molecule has 1 aromatic heterocycles. The lowest BCUT2D eigenvalue weighted by Gasteiger charge is -2.30. The minimum absolute atomic E-state index is 0.0366. The highest BCUT2D eigenvalue weighted by atomic mass is 32.2. The molecule has 0 saturated carbocycles. The van der Waals surface area contributed by atoms with E-state index >= 15 is 0 Å². The second-order valence-electron chi connectivity index (χ2n) is 9.30. The number of nitrogens with one attached hydrogen (secondary N) is 2. The first-order valence-electron chi connectivity index (χ1n) is 12.5. The van der Waals surface area contributed by atoms with Crippen LogP contribution in [0.1, 0.15) is 34.3 Å². The molecule has 0 aliphatic heterocycles. The Balaban J connectivity index is 1.71. The van der Waals surface area contributed by atoms with Crippen molar-refractivity contribution in [3.05, 3.63) is 119 Å². The number of carbonyl (C=O) groups excluding carboxylic acids is 2. The predicted molar refractivity (Wildman–Crippen MR) is 150 cm³/mol. The van der Waals surface area contributed by atoms with E-state index in [9.17, 15) is 18.0 Å². The molecular weight excluding hydrogens is 514 g/mol. The molecule has 0 radical (unpaired) electrons. The lowest BCUT2D eigenvalue weighted by atomic mass is 10.1. The van der Waals surface area contributed by atoms with E-state index in [1.54, 1.807) is 49.4 Å². The molecule has 0 unspecified atom stereocenters. The molecule has 39 heavy (non-hydrogen) atoms. The number of carbonyl (C=O) groups is 2. The van der Waals surface area contributed by atoms with Crippen LogP contribution in [0.3, 0.4) is 0 Å². The van der Waals surface area contributed by atoms with Crippen LogP contribution in [0.25, 0.3) is 0 Å². The molecular formula is C30H31N3O5S. The van der Waals surface area contributed by atoms with E-state index in [1.165, 1.54) is 17.0 Å². The molecule has 8 nitrogen and oxygen atoms in total. The summed E-state index contributed by atoms with van der Waals surface area (Å²) in [6.07, 6.45) is 0. The largest absolute Gasteiger partial charge is 0.464 e. The monoisotopic (exact) mass is 545 g/mol. The van der Waals surface area contributed by atoms with E-state index in [0.29, 0.717) is 11.4 Å². The molecule has 4 rings (SSSR count). The predicted octanol–water partition coefficient (Wildman–Crippen LogP) is 4.57. The van der Waals surface area contributed by atoms with E-state index in [4.69, 9.17) is 4.42 Å². The van der Waals surface area contributed by atoms with Crippen molar-refractivity contribution < 1.29 is 22.4 Å². The topological polar surface area (TPSA) is 109 Å². The molecule has 3 aromatic carbocycles. The fourth-order valence-electron chi connectivity index (χ4n) is 4.31. The molecule has 202 valence electrons. The summed E-state index contributed by atoms with van der Waals surface area (Å²) in [5.41, 5.74) is 3.10. The number of nitrogens with zero attached hydrogens (tertiary/aromatic N) is 1. The summed E-state index contributed by atoms with van der Waals surface area (Å²) in [5.74, 6) is -0.250. The molecule has 2 amide bonds. The molecule has 1 atom stereocenters. The number of benzene rings is 3. The number of hydrogen-bond acceptors (Lipinski definition) is 5. The smallest absolute Gasteiger partial charge is 0.251 e. The standard InChI is InChI=1S/C30H31N3O5S/c1-21-16-22(2)18-25(17-21)33(28(34)20-32-39(36,37)26-12-8-5-9-13-26)29(27-15-14-23(3)38-27)30(35)31-19-24-10-6-4-7-11-24/h4-18,29,32H,19-20H2,1-3H3,(H,31,35)/t29-/m0/s1. The van der Waals surface area contributed by atoms with Crippen molar-refractivity contribution in [1.29, 1.82) is 0 Å². The first-order valence-corrected chi connectivity index (χ1v) is 14.0. The van der Waals surface area contributed by atoms with Crippen LogP contribution in [0.2, 0.25) is 0 Å². The second-order valence-corrected chi connectivity index (χ2v) is 11.1. The van der Waals surface area contributed by atoms with Gasteiger partial charge >= 0.3 is 0 Å². The number of furan rings is 1. The van der Waals surface area contributed by atoms with E-state index in [-0.39, 0.29) is 17.2 Å². The number of sulfonamides is 1. The molecule has 0 spiro atoms. The zero-order valence-electron chi connectivity index (χ0n) is 22.0. The van der Waals surface area contributed by atoms with Crippen LogP contribution >= 0.6 is 0 Å². The fourth-order valence-corrected chi connectivity index (χ4v) is 5.30. The minimum atomic E-state index is -3.96. The Hall–Kier alpha value is -4.21. The molecule has 0 aliphatic carbocycles. The first kappa shape index (κ1) is 27.8. The highest BCUT2D eigenvalue weighted by Gasteiger charge is 2.35.